The van der Waals surface area contributed by atoms with Gasteiger partial charge in [-0.15, -0.1) is 0 Å². The van der Waals surface area contributed by atoms with Crippen LogP contribution in [0.25, 0.3) is 11.1 Å². The van der Waals surface area contributed by atoms with E-state index in [0.717, 1.165) is 5.82 Å². The molecule has 2 aliphatic heterocycles. The van der Waals surface area contributed by atoms with Crippen molar-refractivity contribution in [3.63, 3.8) is 0 Å². The highest BCUT2D eigenvalue weighted by Gasteiger charge is 2.38. The van der Waals surface area contributed by atoms with Crippen LogP contribution in [-0.2, 0) is 9.53 Å². The maximum absolute atomic E-state index is 15.1. The second-order valence-electron chi connectivity index (χ2n) is 9.45. The first-order valence-electron chi connectivity index (χ1n) is 12.6. The molecule has 39 heavy (non-hydrogen) atoms. The molecule has 2 fully saturated rings. The van der Waals surface area contributed by atoms with Crippen LogP contribution in [0.1, 0.15) is 6.92 Å². The minimum Gasteiger partial charge on any atom is -0.443 e. The van der Waals surface area contributed by atoms with Gasteiger partial charge in [-0.25, -0.2) is 19.0 Å². The molecule has 3 heterocycles. The smallest absolute Gasteiger partial charge is 0.415 e. The lowest BCUT2D eigenvalue weighted by atomic mass is 10.0. The molecular formula is C28H28FN5O5. The third-order valence-corrected chi connectivity index (χ3v) is 6.98. The average molecular weight is 534 g/mol. The zero-order chi connectivity index (χ0) is 27.5. The molecule has 2 atom stereocenters. The number of pyridine rings is 1. The van der Waals surface area contributed by atoms with Crippen molar-refractivity contribution in [2.24, 2.45) is 11.7 Å². The first-order chi connectivity index (χ1) is 18.8. The predicted octanol–water partition coefficient (Wildman–Crippen LogP) is 3.66. The van der Waals surface area contributed by atoms with Gasteiger partial charge in [0.1, 0.15) is 23.5 Å². The Kier molecular flexibility index (Phi) is 7.31. The first-order valence-corrected chi connectivity index (χ1v) is 12.6. The molecule has 202 valence electrons. The largest absolute Gasteiger partial charge is 0.443 e. The number of primary amides is 1. The second-order valence-corrected chi connectivity index (χ2v) is 9.45. The van der Waals surface area contributed by atoms with Gasteiger partial charge in [-0.2, -0.15) is 0 Å². The number of hydrogen-bond donors (Lipinski definition) is 1. The van der Waals surface area contributed by atoms with Crippen LogP contribution in [0, 0.1) is 11.7 Å². The number of amides is 3. The van der Waals surface area contributed by atoms with Gasteiger partial charge in [-0.3, -0.25) is 9.69 Å². The van der Waals surface area contributed by atoms with Crippen molar-refractivity contribution in [3.05, 3.63) is 72.7 Å². The molecule has 2 aromatic carbocycles. The minimum atomic E-state index is -0.689. The number of aromatic nitrogens is 1. The molecule has 11 heteroatoms. The molecule has 0 aliphatic carbocycles. The van der Waals surface area contributed by atoms with E-state index >= 15 is 4.39 Å². The third-order valence-electron chi connectivity index (χ3n) is 6.98. The summed E-state index contributed by atoms with van der Waals surface area (Å²) in [5.41, 5.74) is 6.56. The third kappa shape index (κ3) is 5.62. The van der Waals surface area contributed by atoms with Crippen molar-refractivity contribution in [2.75, 3.05) is 42.5 Å². The topological polar surface area (TPSA) is 118 Å². The quantitative estimate of drug-likeness (QED) is 0.514. The number of carbonyl (C=O) groups is 3. The number of hydrogen-bond acceptors (Lipinski definition) is 7. The standard InChI is InChI=1S/C28H28FN5O5/c1-18(26(30)35)24-17-34(28(37)39-24)20-8-9-22(23(29)15-20)19-7-10-25(31-16-19)32-11-13-33(14-12-32)27(36)38-21-5-3-2-4-6-21/h2-10,15-16,18,24H,11-14,17H2,1H3,(H2,30,35)/t18-,24?/m0/s1. The fourth-order valence-corrected chi connectivity index (χ4v) is 4.55. The van der Waals surface area contributed by atoms with E-state index in [1.165, 1.54) is 11.0 Å². The number of rotatable bonds is 6. The van der Waals surface area contributed by atoms with E-state index in [1.807, 2.05) is 24.3 Å². The van der Waals surface area contributed by atoms with E-state index in [9.17, 15) is 14.4 Å². The average Bonchev–Trinajstić information content (AvgIpc) is 3.34. The lowest BCUT2D eigenvalue weighted by Crippen LogP contribution is -2.49. The molecule has 2 N–H and O–H groups in total. The number of halogens is 1. The highest BCUT2D eigenvalue weighted by molar-refractivity contribution is 5.91. The summed E-state index contributed by atoms with van der Waals surface area (Å²) in [4.78, 5) is 45.7. The van der Waals surface area contributed by atoms with Crippen LogP contribution >= 0.6 is 0 Å². The summed E-state index contributed by atoms with van der Waals surface area (Å²) < 4.78 is 25.7. The van der Waals surface area contributed by atoms with E-state index in [2.05, 4.69) is 9.88 Å². The highest BCUT2D eigenvalue weighted by Crippen LogP contribution is 2.31. The lowest BCUT2D eigenvalue weighted by Gasteiger charge is -2.34. The summed E-state index contributed by atoms with van der Waals surface area (Å²) in [5, 5.41) is 0. The van der Waals surface area contributed by atoms with Crippen LogP contribution in [0.3, 0.4) is 0 Å². The SMILES string of the molecule is C[C@H](C(N)=O)C1CN(c2ccc(-c3ccc(N4CCN(C(=O)Oc5ccccc5)CC4)nc3)c(F)c2)C(=O)O1. The van der Waals surface area contributed by atoms with Crippen LogP contribution in [0.2, 0.25) is 0 Å². The summed E-state index contributed by atoms with van der Waals surface area (Å²) >= 11 is 0. The fourth-order valence-electron chi connectivity index (χ4n) is 4.55. The molecule has 10 nitrogen and oxygen atoms in total. The number of para-hydroxylation sites is 1. The van der Waals surface area contributed by atoms with E-state index in [4.69, 9.17) is 15.2 Å². The van der Waals surface area contributed by atoms with Crippen LogP contribution in [0.5, 0.6) is 5.75 Å². The molecule has 3 aromatic rings. The predicted molar refractivity (Wildman–Crippen MR) is 142 cm³/mol. The van der Waals surface area contributed by atoms with Crippen molar-refractivity contribution >= 4 is 29.6 Å². The maximum atomic E-state index is 15.1. The molecular weight excluding hydrogens is 505 g/mol. The van der Waals surface area contributed by atoms with Gasteiger partial charge in [-0.1, -0.05) is 18.2 Å². The minimum absolute atomic E-state index is 0.106. The molecule has 3 amide bonds. The Morgan fingerprint density at radius 2 is 1.82 bits per heavy atom. The lowest BCUT2D eigenvalue weighted by molar-refractivity contribution is -0.123. The maximum Gasteiger partial charge on any atom is 0.415 e. The molecule has 0 radical (unpaired) electrons. The Bertz CT molecular complexity index is 1360. The van der Waals surface area contributed by atoms with E-state index in [1.54, 1.807) is 48.4 Å². The highest BCUT2D eigenvalue weighted by atomic mass is 19.1. The Balaban J connectivity index is 1.20. The number of nitrogens with zero attached hydrogens (tertiary/aromatic N) is 4. The molecule has 0 saturated carbocycles. The summed E-state index contributed by atoms with van der Waals surface area (Å²) in [6.45, 7) is 3.84. The number of nitrogens with two attached hydrogens (primary N) is 1. The summed E-state index contributed by atoms with van der Waals surface area (Å²) in [7, 11) is 0. The zero-order valence-corrected chi connectivity index (χ0v) is 21.3. The Labute approximate surface area is 224 Å². The van der Waals surface area contributed by atoms with Gasteiger partial charge < -0.3 is 25.0 Å². The molecule has 2 aliphatic rings. The molecule has 5 rings (SSSR count). The van der Waals surface area contributed by atoms with E-state index in [0.29, 0.717) is 48.7 Å². The van der Waals surface area contributed by atoms with Crippen LogP contribution in [0.4, 0.5) is 25.5 Å². The number of cyclic esters (lactones) is 1. The van der Waals surface area contributed by atoms with Crippen molar-refractivity contribution in [3.8, 4) is 16.9 Å². The van der Waals surface area contributed by atoms with Crippen LogP contribution in [0.15, 0.2) is 66.9 Å². The molecule has 1 unspecified atom stereocenters. The summed E-state index contributed by atoms with van der Waals surface area (Å²) in [6.07, 6.45) is -0.133. The molecule has 0 spiro atoms. The van der Waals surface area contributed by atoms with Gasteiger partial charge in [0.05, 0.1) is 18.2 Å². The van der Waals surface area contributed by atoms with Crippen LogP contribution < -0.4 is 20.3 Å². The van der Waals surface area contributed by atoms with Crippen molar-refractivity contribution < 1.29 is 28.2 Å². The van der Waals surface area contributed by atoms with Gasteiger partial charge in [-0.05, 0) is 49.4 Å². The van der Waals surface area contributed by atoms with Gasteiger partial charge >= 0.3 is 12.2 Å². The van der Waals surface area contributed by atoms with Gasteiger partial charge in [0.15, 0.2) is 0 Å². The van der Waals surface area contributed by atoms with Crippen LogP contribution in [-0.4, -0.2) is 66.8 Å². The molecule has 0 bridgehead atoms. The number of carbonyl (C=O) groups excluding carboxylic acids is 3. The first kappa shape index (κ1) is 26.0. The number of benzene rings is 2. The summed E-state index contributed by atoms with van der Waals surface area (Å²) in [6, 6.07) is 17.0. The second kappa shape index (κ2) is 11.0. The Hall–Kier alpha value is -4.67. The van der Waals surface area contributed by atoms with E-state index in [-0.39, 0.29) is 12.6 Å². The number of ether oxygens (including phenoxy) is 2. The number of anilines is 2. The van der Waals surface area contributed by atoms with E-state index < -0.39 is 29.8 Å². The Morgan fingerprint density at radius 1 is 1.08 bits per heavy atom. The monoisotopic (exact) mass is 533 g/mol. The van der Waals surface area contributed by atoms with Gasteiger partial charge in [0, 0.05) is 43.5 Å². The van der Waals surface area contributed by atoms with Crippen molar-refractivity contribution in [1.29, 1.82) is 0 Å². The normalized spacial score (nSPS) is 18.1. The number of piperazine rings is 1. The Morgan fingerprint density at radius 3 is 2.46 bits per heavy atom. The molecule has 2 saturated heterocycles. The van der Waals surface area contributed by atoms with Crippen molar-refractivity contribution in [2.45, 2.75) is 13.0 Å². The summed E-state index contributed by atoms with van der Waals surface area (Å²) in [5.74, 6) is -0.518. The van der Waals surface area contributed by atoms with Gasteiger partial charge in [0.25, 0.3) is 0 Å². The molecule has 1 aromatic heterocycles. The van der Waals surface area contributed by atoms with Gasteiger partial charge in [0.2, 0.25) is 5.91 Å². The zero-order valence-electron chi connectivity index (χ0n) is 21.3. The van der Waals surface area contributed by atoms with Crippen molar-refractivity contribution in [1.82, 2.24) is 9.88 Å². The fraction of sp³-hybridized carbons (Fsp3) is 0.286.